The van der Waals surface area contributed by atoms with Gasteiger partial charge in [0.05, 0.1) is 19.1 Å². The molecule has 1 amide bonds. The number of rotatable bonds is 5. The van der Waals surface area contributed by atoms with Gasteiger partial charge >= 0.3 is 0 Å². The Hall–Kier alpha value is -1.43. The van der Waals surface area contributed by atoms with E-state index in [4.69, 9.17) is 10.5 Å². The molecule has 24 heavy (non-hydrogen) atoms. The summed E-state index contributed by atoms with van der Waals surface area (Å²) in [6.45, 7) is 7.33. The maximum Gasteiger partial charge on any atom is 0.227 e. The number of hydrogen-bond donors (Lipinski definition) is 1. The van der Waals surface area contributed by atoms with Gasteiger partial charge in [-0.25, -0.2) is 0 Å². The van der Waals surface area contributed by atoms with Crippen LogP contribution >= 0.6 is 0 Å². The molecular formula is C19H29N3O2. The number of nitrogens with zero attached hydrogens (tertiary/aromatic N) is 2. The molecule has 0 spiro atoms. The Bertz CT molecular complexity index is 531. The fraction of sp³-hybridized carbons (Fsp3) is 0.632. The number of morpholine rings is 1. The van der Waals surface area contributed by atoms with Gasteiger partial charge in [-0.05, 0) is 18.4 Å². The summed E-state index contributed by atoms with van der Waals surface area (Å²) in [6.07, 6.45) is 2.18. The highest BCUT2D eigenvalue weighted by Crippen LogP contribution is 2.26. The third-order valence-corrected chi connectivity index (χ3v) is 5.35. The lowest BCUT2D eigenvalue weighted by molar-refractivity contribution is -0.137. The zero-order valence-electron chi connectivity index (χ0n) is 14.6. The predicted molar refractivity (Wildman–Crippen MR) is 94.5 cm³/mol. The second kappa shape index (κ2) is 8.10. The minimum Gasteiger partial charge on any atom is -0.379 e. The first kappa shape index (κ1) is 17.4. The van der Waals surface area contributed by atoms with Crippen molar-refractivity contribution in [2.75, 3.05) is 39.4 Å². The molecule has 2 aliphatic heterocycles. The highest BCUT2D eigenvalue weighted by Gasteiger charge is 2.34. The Kier molecular flexibility index (Phi) is 5.87. The van der Waals surface area contributed by atoms with Gasteiger partial charge in [0.15, 0.2) is 0 Å². The van der Waals surface area contributed by atoms with Crippen LogP contribution in [0.25, 0.3) is 0 Å². The molecule has 5 heteroatoms. The van der Waals surface area contributed by atoms with E-state index in [2.05, 4.69) is 9.80 Å². The second-order valence-corrected chi connectivity index (χ2v) is 6.97. The molecule has 1 aromatic rings. The smallest absolute Gasteiger partial charge is 0.227 e. The van der Waals surface area contributed by atoms with Gasteiger partial charge in [0.1, 0.15) is 0 Å². The summed E-state index contributed by atoms with van der Waals surface area (Å²) in [4.78, 5) is 17.5. The average molecular weight is 331 g/mol. The Morgan fingerprint density at radius 3 is 2.67 bits per heavy atom. The summed E-state index contributed by atoms with van der Waals surface area (Å²) in [7, 11) is 0. The van der Waals surface area contributed by atoms with E-state index in [1.165, 1.54) is 0 Å². The lowest BCUT2D eigenvalue weighted by Crippen LogP contribution is -2.48. The molecule has 0 bridgehead atoms. The molecule has 5 nitrogen and oxygen atoms in total. The molecule has 132 valence electrons. The summed E-state index contributed by atoms with van der Waals surface area (Å²) >= 11 is 0. The van der Waals surface area contributed by atoms with Crippen molar-refractivity contribution in [3.63, 3.8) is 0 Å². The minimum absolute atomic E-state index is 0.196. The first-order valence-corrected chi connectivity index (χ1v) is 9.08. The molecule has 2 heterocycles. The van der Waals surface area contributed by atoms with E-state index in [-0.39, 0.29) is 17.9 Å². The molecule has 3 unspecified atom stereocenters. The van der Waals surface area contributed by atoms with Crippen LogP contribution in [0.3, 0.4) is 0 Å². The van der Waals surface area contributed by atoms with E-state index in [0.29, 0.717) is 6.04 Å². The van der Waals surface area contributed by atoms with Crippen LogP contribution in [0.1, 0.15) is 31.4 Å². The second-order valence-electron chi connectivity index (χ2n) is 6.97. The van der Waals surface area contributed by atoms with Crippen LogP contribution in [0.15, 0.2) is 30.3 Å². The highest BCUT2D eigenvalue weighted by atomic mass is 16.5. The van der Waals surface area contributed by atoms with E-state index in [9.17, 15) is 4.79 Å². The van der Waals surface area contributed by atoms with Crippen LogP contribution in [0.5, 0.6) is 0 Å². The normalized spacial score (nSPS) is 24.8. The standard InChI is InChI=1S/C19H29N3O2/c1-15(18(20)16-6-3-2-4-7-16)19(23)22-9-5-8-17(22)14-21-10-12-24-13-11-21/h2-4,6-7,15,17-18H,5,8-14,20H2,1H3. The quantitative estimate of drug-likeness (QED) is 0.891. The van der Waals surface area contributed by atoms with Crippen molar-refractivity contribution in [1.82, 2.24) is 9.80 Å². The molecule has 2 N–H and O–H groups in total. The summed E-state index contributed by atoms with van der Waals surface area (Å²) in [5.74, 6) is -0.000184. The fourth-order valence-electron chi connectivity index (χ4n) is 3.78. The van der Waals surface area contributed by atoms with E-state index in [1.807, 2.05) is 37.3 Å². The number of hydrogen-bond acceptors (Lipinski definition) is 4. The number of carbonyl (C=O) groups excluding carboxylic acids is 1. The van der Waals surface area contributed by atoms with Crippen LogP contribution in [-0.4, -0.2) is 61.1 Å². The third-order valence-electron chi connectivity index (χ3n) is 5.35. The maximum absolute atomic E-state index is 13.0. The highest BCUT2D eigenvalue weighted by molar-refractivity contribution is 5.80. The number of ether oxygens (including phenoxy) is 1. The SMILES string of the molecule is CC(C(=O)N1CCCC1CN1CCOCC1)C(N)c1ccccc1. The average Bonchev–Trinajstić information content (AvgIpc) is 3.09. The van der Waals surface area contributed by atoms with Gasteiger partial charge in [0.25, 0.3) is 0 Å². The van der Waals surface area contributed by atoms with Crippen LogP contribution in [-0.2, 0) is 9.53 Å². The van der Waals surface area contributed by atoms with Crippen molar-refractivity contribution >= 4 is 5.91 Å². The number of nitrogens with two attached hydrogens (primary N) is 1. The molecule has 2 fully saturated rings. The van der Waals surface area contributed by atoms with Gasteiger partial charge in [0, 0.05) is 38.3 Å². The van der Waals surface area contributed by atoms with Crippen LogP contribution < -0.4 is 5.73 Å². The van der Waals surface area contributed by atoms with Gasteiger partial charge in [-0.1, -0.05) is 37.3 Å². The number of likely N-dealkylation sites (tertiary alicyclic amines) is 1. The Labute approximate surface area is 144 Å². The van der Waals surface area contributed by atoms with Crippen molar-refractivity contribution in [3.05, 3.63) is 35.9 Å². The third kappa shape index (κ3) is 3.97. The van der Waals surface area contributed by atoms with Crippen LogP contribution in [0.4, 0.5) is 0 Å². The van der Waals surface area contributed by atoms with E-state index in [0.717, 1.165) is 57.8 Å². The summed E-state index contributed by atoms with van der Waals surface area (Å²) in [5.41, 5.74) is 7.39. The Morgan fingerprint density at radius 1 is 1.25 bits per heavy atom. The molecule has 3 atom stereocenters. The summed E-state index contributed by atoms with van der Waals surface area (Å²) < 4.78 is 5.42. The molecule has 0 radical (unpaired) electrons. The van der Waals surface area contributed by atoms with Gasteiger partial charge in [0.2, 0.25) is 5.91 Å². The zero-order valence-corrected chi connectivity index (χ0v) is 14.6. The van der Waals surface area contributed by atoms with E-state index < -0.39 is 0 Å². The van der Waals surface area contributed by atoms with E-state index >= 15 is 0 Å². The first-order chi connectivity index (χ1) is 11.7. The van der Waals surface area contributed by atoms with Gasteiger partial charge < -0.3 is 15.4 Å². The van der Waals surface area contributed by atoms with Crippen molar-refractivity contribution in [1.29, 1.82) is 0 Å². The fourth-order valence-corrected chi connectivity index (χ4v) is 3.78. The molecule has 0 saturated carbocycles. The monoisotopic (exact) mass is 331 g/mol. The van der Waals surface area contributed by atoms with E-state index in [1.54, 1.807) is 0 Å². The predicted octanol–water partition coefficient (Wildman–Crippen LogP) is 1.65. The minimum atomic E-state index is -0.247. The number of benzene rings is 1. The topological polar surface area (TPSA) is 58.8 Å². The van der Waals surface area contributed by atoms with Crippen molar-refractivity contribution in [3.8, 4) is 0 Å². The van der Waals surface area contributed by atoms with Crippen LogP contribution in [0, 0.1) is 5.92 Å². The first-order valence-electron chi connectivity index (χ1n) is 9.08. The van der Waals surface area contributed by atoms with Crippen LogP contribution in [0.2, 0.25) is 0 Å². The molecule has 0 aliphatic carbocycles. The van der Waals surface area contributed by atoms with Crippen molar-refractivity contribution in [2.45, 2.75) is 31.8 Å². The molecule has 2 saturated heterocycles. The summed E-state index contributed by atoms with van der Waals surface area (Å²) in [6, 6.07) is 10.0. The molecule has 2 aliphatic rings. The largest absolute Gasteiger partial charge is 0.379 e. The lowest BCUT2D eigenvalue weighted by Gasteiger charge is -2.34. The lowest BCUT2D eigenvalue weighted by atomic mass is 9.94. The maximum atomic E-state index is 13.0. The van der Waals surface area contributed by atoms with Crippen molar-refractivity contribution in [2.24, 2.45) is 11.7 Å². The van der Waals surface area contributed by atoms with Gasteiger partial charge in [-0.15, -0.1) is 0 Å². The Balaban J connectivity index is 1.62. The summed E-state index contributed by atoms with van der Waals surface area (Å²) in [5, 5.41) is 0. The molecule has 3 rings (SSSR count). The zero-order chi connectivity index (χ0) is 16.9. The molecule has 1 aromatic carbocycles. The number of amides is 1. The molecule has 0 aromatic heterocycles. The van der Waals surface area contributed by atoms with Gasteiger partial charge in [-0.3, -0.25) is 9.69 Å². The van der Waals surface area contributed by atoms with Crippen molar-refractivity contribution < 1.29 is 9.53 Å². The molecular weight excluding hydrogens is 302 g/mol. The number of carbonyl (C=O) groups is 1. The van der Waals surface area contributed by atoms with Gasteiger partial charge in [-0.2, -0.15) is 0 Å². The Morgan fingerprint density at radius 2 is 1.96 bits per heavy atom.